The van der Waals surface area contributed by atoms with Gasteiger partial charge >= 0.3 is 20.6 Å². The molecule has 4 aromatic rings. The number of aromatic nitrogens is 2. The molecule has 2 N–H and O–H groups in total. The molecule has 67 heavy (non-hydrogen) atoms. The van der Waals surface area contributed by atoms with E-state index in [-0.39, 0.29) is 5.91 Å². The first-order valence-electron chi connectivity index (χ1n) is 23.6. The topological polar surface area (TPSA) is 84.4 Å². The van der Waals surface area contributed by atoms with Crippen LogP contribution in [0.25, 0.3) is 11.1 Å². The number of nitrogens with one attached hydrogen (secondary N) is 2. The highest BCUT2D eigenvalue weighted by Crippen LogP contribution is 2.19. The summed E-state index contributed by atoms with van der Waals surface area (Å²) in [5.41, 5.74) is 6.36. The van der Waals surface area contributed by atoms with Crippen molar-refractivity contribution in [3.05, 3.63) is 109 Å². The average molecular weight is 953 g/mol. The van der Waals surface area contributed by atoms with Gasteiger partial charge in [-0.05, 0) is 78.6 Å². The zero-order valence-electron chi connectivity index (χ0n) is 39.2. The normalized spacial score (nSPS) is 11.2. The third kappa shape index (κ3) is 34.0. The van der Waals surface area contributed by atoms with E-state index in [0.29, 0.717) is 6.61 Å². The molecule has 4 rings (SSSR count). The van der Waals surface area contributed by atoms with E-state index in [1.165, 1.54) is 121 Å². The molecule has 0 aliphatic heterocycles. The number of aryl methyl sites for hydroxylation is 2. The maximum absolute atomic E-state index is 12.2. The van der Waals surface area contributed by atoms with Gasteiger partial charge in [0.15, 0.2) is 24.8 Å². The van der Waals surface area contributed by atoms with Crippen molar-refractivity contribution in [2.45, 2.75) is 142 Å². The molecule has 0 aliphatic rings. The van der Waals surface area contributed by atoms with Crippen LogP contribution in [-0.2, 0) is 33.8 Å². The number of methoxy groups -OCH3 is 1. The molecule has 0 radical (unpaired) electrons. The lowest BCUT2D eigenvalue weighted by Crippen LogP contribution is -2.33. The van der Waals surface area contributed by atoms with Crippen LogP contribution in [0.4, 0.5) is 50.7 Å². The van der Waals surface area contributed by atoms with Crippen LogP contribution in [0, 0.1) is 0 Å². The number of carbonyl (C=O) groups excluding carboxylic acids is 2. The molecule has 0 spiro atoms. The summed E-state index contributed by atoms with van der Waals surface area (Å²) in [6, 6.07) is 24.6. The van der Waals surface area contributed by atoms with Gasteiger partial charge in [0.05, 0.1) is 6.61 Å². The lowest BCUT2D eigenvalue weighted by molar-refractivity contribution is -0.697. The van der Waals surface area contributed by atoms with E-state index in [1.807, 2.05) is 48.5 Å². The van der Waals surface area contributed by atoms with E-state index in [2.05, 4.69) is 68.8 Å². The van der Waals surface area contributed by atoms with Gasteiger partial charge in [-0.25, -0.2) is 13.9 Å². The lowest BCUT2D eigenvalue weighted by atomic mass is 10.0. The number of hydrogen-bond donors (Lipinski definition) is 2. The molecule has 2 aromatic heterocycles. The molecule has 0 saturated carbocycles. The van der Waals surface area contributed by atoms with Crippen molar-refractivity contribution in [1.29, 1.82) is 0 Å². The summed E-state index contributed by atoms with van der Waals surface area (Å²) < 4.78 is 93.2. The highest BCUT2D eigenvalue weighted by Gasteiger charge is 2.21. The van der Waals surface area contributed by atoms with Crippen molar-refractivity contribution in [2.24, 2.45) is 0 Å². The summed E-state index contributed by atoms with van der Waals surface area (Å²) in [5, 5.41) is 5.61. The van der Waals surface area contributed by atoms with Crippen LogP contribution >= 0.6 is 0 Å². The zero-order valence-corrected chi connectivity index (χ0v) is 39.2. The van der Waals surface area contributed by atoms with E-state index in [0.717, 1.165) is 61.5 Å². The Morgan fingerprint density at radius 3 is 1.12 bits per heavy atom. The first-order chi connectivity index (χ1) is 32.0. The Morgan fingerprint density at radius 2 is 0.776 bits per heavy atom. The number of nitrogens with zero attached hydrogens (tertiary/aromatic N) is 2. The number of unbranched alkanes of at least 4 members (excludes halogenated alkanes) is 16. The van der Waals surface area contributed by atoms with E-state index in [4.69, 9.17) is 9.47 Å². The number of benzene rings is 2. The van der Waals surface area contributed by atoms with Crippen molar-refractivity contribution in [2.75, 3.05) is 31.0 Å². The first kappa shape index (κ1) is 58.1. The van der Waals surface area contributed by atoms with Crippen molar-refractivity contribution in [3.8, 4) is 11.1 Å². The van der Waals surface area contributed by atoms with Gasteiger partial charge in [0.2, 0.25) is 5.91 Å². The lowest BCUT2D eigenvalue weighted by Gasteiger charge is -2.09. The monoisotopic (exact) mass is 953 g/mol. The quantitative estimate of drug-likeness (QED) is 0.0246. The SMILES string of the molecule is COCCCCCCCCCCC[n+]1ccc(-c2cc[n+](CCCCCCCCCCCOC(=O)Nc3ccc(Cc4ccc(NC(C)=O)cc4)cc3)cc2)cc1.F[B-](F)(F)F.F[B-](F)(F)F. The van der Waals surface area contributed by atoms with Crippen molar-refractivity contribution in [1.82, 2.24) is 0 Å². The highest BCUT2D eigenvalue weighted by molar-refractivity contribution is 6.50. The molecule has 372 valence electrons. The fourth-order valence-corrected chi connectivity index (χ4v) is 7.18. The van der Waals surface area contributed by atoms with Crippen LogP contribution in [0.1, 0.15) is 134 Å². The van der Waals surface area contributed by atoms with E-state index in [1.54, 1.807) is 7.11 Å². The second kappa shape index (κ2) is 34.3. The summed E-state index contributed by atoms with van der Waals surface area (Å²) in [4.78, 5) is 23.4. The molecule has 0 atom stereocenters. The standard InChI is InChI=1S/C49H68N4O4.2BF4/c1-42(54)50-47-25-21-43(22-26-47)41-44-23-27-48(28-24-44)51-49(55)57-40-20-16-12-8-4-6-10-14-18-34-53-37-31-46(32-38-53)45-29-35-52(36-30-45)33-17-13-9-5-3-7-11-15-19-39-56-2;2*2-1(3,4)5/h21-32,35-38H,3-20,33-34,39-41H2,1-2H3;;/q;2*-1/p+2. The van der Waals surface area contributed by atoms with Gasteiger partial charge in [-0.1, -0.05) is 101 Å². The van der Waals surface area contributed by atoms with Gasteiger partial charge in [-0.15, -0.1) is 0 Å². The predicted molar refractivity (Wildman–Crippen MR) is 253 cm³/mol. The van der Waals surface area contributed by atoms with Crippen LogP contribution in [0.2, 0.25) is 0 Å². The molecule has 0 aliphatic carbocycles. The molecule has 0 bridgehead atoms. The van der Waals surface area contributed by atoms with Crippen LogP contribution in [-0.4, -0.2) is 46.8 Å². The number of pyridine rings is 2. The van der Waals surface area contributed by atoms with Crippen molar-refractivity contribution >= 4 is 37.9 Å². The molecule has 18 heteroatoms. The van der Waals surface area contributed by atoms with Gasteiger partial charge in [-0.3, -0.25) is 10.1 Å². The molecule has 0 unspecified atom stereocenters. The van der Waals surface area contributed by atoms with Crippen LogP contribution in [0.3, 0.4) is 0 Å². The van der Waals surface area contributed by atoms with E-state index < -0.39 is 20.6 Å². The minimum absolute atomic E-state index is 0.0793. The second-order valence-corrected chi connectivity index (χ2v) is 16.5. The fourth-order valence-electron chi connectivity index (χ4n) is 7.18. The number of hydrogen-bond acceptors (Lipinski definition) is 4. The third-order valence-corrected chi connectivity index (χ3v) is 10.6. The third-order valence-electron chi connectivity index (χ3n) is 10.6. The molecular formula is C49H70B2F8N4O4. The predicted octanol–water partition coefficient (Wildman–Crippen LogP) is 14.0. The first-order valence-corrected chi connectivity index (χ1v) is 23.6. The van der Waals surface area contributed by atoms with Crippen LogP contribution in [0.5, 0.6) is 0 Å². The zero-order chi connectivity index (χ0) is 49.2. The Kier molecular flexibility index (Phi) is 29.8. The van der Waals surface area contributed by atoms with Gasteiger partial charge in [0.1, 0.15) is 13.1 Å². The molecule has 2 heterocycles. The van der Waals surface area contributed by atoms with Gasteiger partial charge in [-0.2, -0.15) is 0 Å². The smallest absolute Gasteiger partial charge is 0.449 e. The van der Waals surface area contributed by atoms with Crippen LogP contribution in [0.15, 0.2) is 97.6 Å². The van der Waals surface area contributed by atoms with Crippen molar-refractivity contribution in [3.63, 3.8) is 0 Å². The van der Waals surface area contributed by atoms with E-state index in [9.17, 15) is 44.1 Å². The van der Waals surface area contributed by atoms with E-state index >= 15 is 0 Å². The Balaban J connectivity index is 0.00000139. The highest BCUT2D eigenvalue weighted by atomic mass is 19.5. The maximum Gasteiger partial charge on any atom is 0.673 e. The number of carbonyl (C=O) groups is 2. The molecule has 2 aromatic carbocycles. The van der Waals surface area contributed by atoms with Gasteiger partial charge < -0.3 is 49.3 Å². The number of rotatable bonds is 29. The number of ether oxygens (including phenoxy) is 2. The molecule has 0 saturated heterocycles. The number of amides is 2. The van der Waals surface area contributed by atoms with Crippen LogP contribution < -0.4 is 19.8 Å². The van der Waals surface area contributed by atoms with Gasteiger partial charge in [0.25, 0.3) is 0 Å². The second-order valence-electron chi connectivity index (χ2n) is 16.5. The maximum atomic E-state index is 12.2. The summed E-state index contributed by atoms with van der Waals surface area (Å²) in [5.74, 6) is -0.0793. The number of anilines is 2. The summed E-state index contributed by atoms with van der Waals surface area (Å²) in [6.45, 7) is 5.02. The minimum Gasteiger partial charge on any atom is -0.449 e. The average Bonchev–Trinajstić information content (AvgIpc) is 3.26. The Hall–Kier alpha value is -4.99. The largest absolute Gasteiger partial charge is 0.673 e. The summed E-state index contributed by atoms with van der Waals surface area (Å²) in [7, 11) is -10.2. The molecular weight excluding hydrogens is 882 g/mol. The molecule has 8 nitrogen and oxygen atoms in total. The Bertz CT molecular complexity index is 1870. The summed E-state index contributed by atoms with van der Waals surface area (Å²) in [6.07, 6.45) is 31.9. The Labute approximate surface area is 392 Å². The number of halogens is 8. The Morgan fingerprint density at radius 1 is 0.463 bits per heavy atom. The molecule has 2 amide bonds. The summed E-state index contributed by atoms with van der Waals surface area (Å²) >= 11 is 0. The van der Waals surface area contributed by atoms with Crippen molar-refractivity contribution < 1.29 is 62.7 Å². The minimum atomic E-state index is -6.00. The fraction of sp³-hybridized carbons (Fsp3) is 0.510. The molecule has 0 fully saturated rings. The van der Waals surface area contributed by atoms with Gasteiger partial charge in [0, 0.05) is 69.1 Å².